The van der Waals surface area contributed by atoms with Gasteiger partial charge in [-0.05, 0) is 49.4 Å². The molecule has 0 bridgehead atoms. The molecule has 2 aromatic rings. The van der Waals surface area contributed by atoms with Crippen molar-refractivity contribution in [3.63, 3.8) is 0 Å². The lowest BCUT2D eigenvalue weighted by molar-refractivity contribution is -0.138. The van der Waals surface area contributed by atoms with Crippen LogP contribution in [-0.4, -0.2) is 43.1 Å². The molecule has 1 fully saturated rings. The summed E-state index contributed by atoms with van der Waals surface area (Å²) in [6, 6.07) is 12.7. The van der Waals surface area contributed by atoms with E-state index < -0.39 is 6.10 Å². The first-order valence-electron chi connectivity index (χ1n) is 8.35. The number of amides is 1. The maximum Gasteiger partial charge on any atom is 0.263 e. The standard InChI is InChI=1S/C19H19Cl3N2O2/c1-13(26-18-7-4-15(21)12-17(18)22)19(25)24-10-8-23(9-11-24)16-5-2-14(20)3-6-16/h2-7,12-13H,8-11H2,1H3/t13-/m0/s1. The molecule has 0 N–H and O–H groups in total. The Hall–Kier alpha value is -1.62. The van der Waals surface area contributed by atoms with Gasteiger partial charge in [-0.15, -0.1) is 0 Å². The summed E-state index contributed by atoms with van der Waals surface area (Å²) in [5, 5.41) is 1.64. The largest absolute Gasteiger partial charge is 0.479 e. The Kier molecular flexibility index (Phi) is 6.17. The van der Waals surface area contributed by atoms with Crippen LogP contribution in [-0.2, 0) is 4.79 Å². The number of hydrogen-bond donors (Lipinski definition) is 0. The molecule has 0 aliphatic carbocycles. The summed E-state index contributed by atoms with van der Waals surface area (Å²) >= 11 is 17.9. The minimum atomic E-state index is -0.615. The third kappa shape index (κ3) is 4.56. The maximum atomic E-state index is 12.7. The monoisotopic (exact) mass is 412 g/mol. The molecule has 0 radical (unpaired) electrons. The quantitative estimate of drug-likeness (QED) is 0.724. The molecule has 3 rings (SSSR count). The topological polar surface area (TPSA) is 32.8 Å². The lowest BCUT2D eigenvalue weighted by atomic mass is 10.2. The van der Waals surface area contributed by atoms with Crippen molar-refractivity contribution in [1.29, 1.82) is 0 Å². The molecular formula is C19H19Cl3N2O2. The molecule has 1 heterocycles. The molecule has 0 saturated carbocycles. The van der Waals surface area contributed by atoms with Gasteiger partial charge in [0, 0.05) is 41.9 Å². The Morgan fingerprint density at radius 1 is 0.962 bits per heavy atom. The van der Waals surface area contributed by atoms with Crippen molar-refractivity contribution < 1.29 is 9.53 Å². The van der Waals surface area contributed by atoms with E-state index in [4.69, 9.17) is 39.5 Å². The Labute approximate surface area is 168 Å². The van der Waals surface area contributed by atoms with Gasteiger partial charge < -0.3 is 14.5 Å². The van der Waals surface area contributed by atoms with E-state index in [0.29, 0.717) is 28.9 Å². The van der Waals surface area contributed by atoms with Crippen molar-refractivity contribution in [1.82, 2.24) is 4.90 Å². The van der Waals surface area contributed by atoms with Crippen LogP contribution in [0, 0.1) is 0 Å². The molecule has 1 amide bonds. The molecule has 1 aliphatic heterocycles. The summed E-state index contributed by atoms with van der Waals surface area (Å²) in [5.74, 6) is 0.406. The first-order valence-corrected chi connectivity index (χ1v) is 9.48. The van der Waals surface area contributed by atoms with Crippen LogP contribution in [0.25, 0.3) is 0 Å². The van der Waals surface area contributed by atoms with Crippen molar-refractivity contribution in [2.75, 3.05) is 31.1 Å². The van der Waals surface area contributed by atoms with E-state index in [0.717, 1.165) is 23.8 Å². The molecule has 1 atom stereocenters. The Bertz CT molecular complexity index is 775. The van der Waals surface area contributed by atoms with Crippen LogP contribution in [0.5, 0.6) is 5.75 Å². The normalized spacial score (nSPS) is 15.7. The third-order valence-corrected chi connectivity index (χ3v) is 5.11. The number of hydrogen-bond acceptors (Lipinski definition) is 3. The molecule has 138 valence electrons. The van der Waals surface area contributed by atoms with Gasteiger partial charge in [-0.1, -0.05) is 34.8 Å². The van der Waals surface area contributed by atoms with Gasteiger partial charge >= 0.3 is 0 Å². The lowest BCUT2D eigenvalue weighted by Crippen LogP contribution is -2.52. The highest BCUT2D eigenvalue weighted by molar-refractivity contribution is 6.35. The fourth-order valence-corrected chi connectivity index (χ4v) is 3.48. The van der Waals surface area contributed by atoms with Crippen molar-refractivity contribution >= 4 is 46.4 Å². The van der Waals surface area contributed by atoms with Crippen LogP contribution in [0.4, 0.5) is 5.69 Å². The number of piperazine rings is 1. The molecule has 7 heteroatoms. The highest BCUT2D eigenvalue weighted by atomic mass is 35.5. The van der Waals surface area contributed by atoms with Gasteiger partial charge in [-0.2, -0.15) is 0 Å². The van der Waals surface area contributed by atoms with Crippen molar-refractivity contribution in [2.45, 2.75) is 13.0 Å². The lowest BCUT2D eigenvalue weighted by Gasteiger charge is -2.37. The molecule has 1 aliphatic rings. The minimum absolute atomic E-state index is 0.0493. The summed E-state index contributed by atoms with van der Waals surface area (Å²) in [6.45, 7) is 4.55. The number of carbonyl (C=O) groups is 1. The molecule has 4 nitrogen and oxygen atoms in total. The fraction of sp³-hybridized carbons (Fsp3) is 0.316. The van der Waals surface area contributed by atoms with Gasteiger partial charge in [0.05, 0.1) is 5.02 Å². The average Bonchev–Trinajstić information content (AvgIpc) is 2.64. The number of nitrogens with zero attached hydrogens (tertiary/aromatic N) is 2. The molecule has 0 spiro atoms. The summed E-state index contributed by atoms with van der Waals surface area (Å²) < 4.78 is 5.73. The number of ether oxygens (including phenoxy) is 1. The smallest absolute Gasteiger partial charge is 0.263 e. The Morgan fingerprint density at radius 3 is 2.19 bits per heavy atom. The number of carbonyl (C=O) groups excluding carboxylic acids is 1. The van der Waals surface area contributed by atoms with E-state index in [9.17, 15) is 4.79 Å². The molecule has 0 unspecified atom stereocenters. The van der Waals surface area contributed by atoms with E-state index in [1.807, 2.05) is 29.2 Å². The number of anilines is 1. The summed E-state index contributed by atoms with van der Waals surface area (Å²) in [4.78, 5) is 16.7. The van der Waals surface area contributed by atoms with Gasteiger partial charge in [0.2, 0.25) is 0 Å². The second kappa shape index (κ2) is 8.38. The van der Waals surface area contributed by atoms with Crippen molar-refractivity contribution in [3.8, 4) is 5.75 Å². The number of rotatable bonds is 4. The van der Waals surface area contributed by atoms with E-state index >= 15 is 0 Å². The van der Waals surface area contributed by atoms with Crippen molar-refractivity contribution in [2.24, 2.45) is 0 Å². The summed E-state index contributed by atoms with van der Waals surface area (Å²) in [5.41, 5.74) is 1.11. The minimum Gasteiger partial charge on any atom is -0.479 e. The zero-order chi connectivity index (χ0) is 18.7. The zero-order valence-electron chi connectivity index (χ0n) is 14.3. The van der Waals surface area contributed by atoms with Crippen molar-refractivity contribution in [3.05, 3.63) is 57.5 Å². The second-order valence-electron chi connectivity index (χ2n) is 6.12. The Balaban J connectivity index is 1.56. The van der Waals surface area contributed by atoms with Crippen LogP contribution in [0.15, 0.2) is 42.5 Å². The van der Waals surface area contributed by atoms with Gasteiger partial charge in [0.15, 0.2) is 6.10 Å². The molecular weight excluding hydrogens is 395 g/mol. The van der Waals surface area contributed by atoms with Gasteiger partial charge in [0.1, 0.15) is 5.75 Å². The van der Waals surface area contributed by atoms with Gasteiger partial charge in [-0.3, -0.25) is 4.79 Å². The summed E-state index contributed by atoms with van der Waals surface area (Å²) in [6.07, 6.45) is -0.615. The third-order valence-electron chi connectivity index (χ3n) is 4.33. The number of halogens is 3. The van der Waals surface area contributed by atoms with Crippen LogP contribution < -0.4 is 9.64 Å². The predicted molar refractivity (Wildman–Crippen MR) is 107 cm³/mol. The van der Waals surface area contributed by atoms with Crippen LogP contribution in [0.1, 0.15) is 6.92 Å². The van der Waals surface area contributed by atoms with Gasteiger partial charge in [0.25, 0.3) is 5.91 Å². The first-order chi connectivity index (χ1) is 12.4. The van der Waals surface area contributed by atoms with Crippen LogP contribution in [0.2, 0.25) is 15.1 Å². The zero-order valence-corrected chi connectivity index (χ0v) is 16.6. The average molecular weight is 414 g/mol. The highest BCUT2D eigenvalue weighted by Gasteiger charge is 2.26. The molecule has 26 heavy (non-hydrogen) atoms. The molecule has 2 aromatic carbocycles. The maximum absolute atomic E-state index is 12.7. The summed E-state index contributed by atoms with van der Waals surface area (Å²) in [7, 11) is 0. The first kappa shape index (κ1) is 19.2. The SMILES string of the molecule is C[C@H](Oc1ccc(Cl)cc1Cl)C(=O)N1CCN(c2ccc(Cl)cc2)CC1. The molecule has 1 saturated heterocycles. The molecule has 0 aromatic heterocycles. The predicted octanol–water partition coefficient (Wildman–Crippen LogP) is 4.76. The fourth-order valence-electron chi connectivity index (χ4n) is 2.91. The van der Waals surface area contributed by atoms with E-state index in [1.54, 1.807) is 25.1 Å². The highest BCUT2D eigenvalue weighted by Crippen LogP contribution is 2.28. The second-order valence-corrected chi connectivity index (χ2v) is 7.40. The van der Waals surface area contributed by atoms with E-state index in [-0.39, 0.29) is 5.91 Å². The van der Waals surface area contributed by atoms with Crippen LogP contribution >= 0.6 is 34.8 Å². The van der Waals surface area contributed by atoms with Gasteiger partial charge in [-0.25, -0.2) is 0 Å². The Morgan fingerprint density at radius 2 is 1.58 bits per heavy atom. The van der Waals surface area contributed by atoms with E-state index in [1.165, 1.54) is 0 Å². The van der Waals surface area contributed by atoms with Crippen LogP contribution in [0.3, 0.4) is 0 Å². The number of benzene rings is 2. The van der Waals surface area contributed by atoms with E-state index in [2.05, 4.69) is 4.90 Å².